The Morgan fingerprint density at radius 1 is 1.38 bits per heavy atom. The molecule has 1 aromatic carbocycles. The lowest BCUT2D eigenvalue weighted by Crippen LogP contribution is -2.36. The first-order chi connectivity index (χ1) is 10.1. The zero-order valence-corrected chi connectivity index (χ0v) is 11.9. The van der Waals surface area contributed by atoms with E-state index in [2.05, 4.69) is 0 Å². The molecular weight excluding hydrogens is 273 g/mol. The molecule has 1 N–H and O–H groups in total. The molecule has 0 spiro atoms. The molecule has 1 saturated carbocycles. The molecule has 1 unspecified atom stereocenters. The van der Waals surface area contributed by atoms with E-state index in [4.69, 9.17) is 4.74 Å². The summed E-state index contributed by atoms with van der Waals surface area (Å²) >= 11 is 0. The number of benzene rings is 1. The molecule has 1 aliphatic heterocycles. The minimum Gasteiger partial charge on any atom is -0.383 e. The quantitative estimate of drug-likeness (QED) is 0.898. The van der Waals surface area contributed by atoms with Crippen molar-refractivity contribution in [3.8, 4) is 0 Å². The first-order valence-electron chi connectivity index (χ1n) is 7.41. The van der Waals surface area contributed by atoms with Crippen LogP contribution in [0.15, 0.2) is 24.3 Å². The summed E-state index contributed by atoms with van der Waals surface area (Å²) < 4.78 is 18.3. The fraction of sp³-hybridized carbons (Fsp3) is 0.562. The van der Waals surface area contributed by atoms with Crippen LogP contribution in [0.4, 0.5) is 4.39 Å². The van der Waals surface area contributed by atoms with Crippen molar-refractivity contribution in [2.45, 2.75) is 24.9 Å². The molecule has 1 amide bonds. The van der Waals surface area contributed by atoms with Gasteiger partial charge in [0.1, 0.15) is 18.0 Å². The largest absolute Gasteiger partial charge is 0.383 e. The zero-order chi connectivity index (χ0) is 14.9. The molecule has 0 radical (unpaired) electrons. The molecule has 2 aliphatic rings. The van der Waals surface area contributed by atoms with Gasteiger partial charge in [0.25, 0.3) is 0 Å². The molecule has 114 valence electrons. The maximum atomic E-state index is 13.0. The van der Waals surface area contributed by atoms with Crippen molar-refractivity contribution < 1.29 is 19.0 Å². The van der Waals surface area contributed by atoms with Gasteiger partial charge in [-0.05, 0) is 42.9 Å². The van der Waals surface area contributed by atoms with Gasteiger partial charge >= 0.3 is 0 Å². The first-order valence-corrected chi connectivity index (χ1v) is 7.41. The molecule has 5 heteroatoms. The zero-order valence-electron chi connectivity index (χ0n) is 11.9. The topological polar surface area (TPSA) is 49.8 Å². The van der Waals surface area contributed by atoms with Crippen LogP contribution in [0.5, 0.6) is 0 Å². The van der Waals surface area contributed by atoms with Crippen LogP contribution in [0, 0.1) is 11.7 Å². The van der Waals surface area contributed by atoms with Crippen LogP contribution in [-0.2, 0) is 15.1 Å². The predicted octanol–water partition coefficient (Wildman–Crippen LogP) is 1.67. The number of β-amino-alcohol motifs (C(OH)–C–C–N with tert-alkyl or cyclic N) is 1. The van der Waals surface area contributed by atoms with Crippen LogP contribution in [0.1, 0.15) is 24.8 Å². The van der Waals surface area contributed by atoms with E-state index in [1.165, 1.54) is 25.0 Å². The second-order valence-corrected chi connectivity index (χ2v) is 6.06. The van der Waals surface area contributed by atoms with Gasteiger partial charge in [0, 0.05) is 6.54 Å². The Labute approximate surface area is 123 Å². The number of halogens is 1. The normalized spacial score (nSPS) is 25.3. The molecule has 1 heterocycles. The fourth-order valence-corrected chi connectivity index (χ4v) is 2.69. The van der Waals surface area contributed by atoms with Crippen molar-refractivity contribution in [2.75, 3.05) is 26.3 Å². The molecule has 1 saturated heterocycles. The second kappa shape index (κ2) is 5.73. The van der Waals surface area contributed by atoms with E-state index in [9.17, 15) is 14.3 Å². The summed E-state index contributed by atoms with van der Waals surface area (Å²) in [7, 11) is 0. The molecule has 1 aliphatic carbocycles. The maximum absolute atomic E-state index is 13.0. The van der Waals surface area contributed by atoms with Crippen LogP contribution in [0.2, 0.25) is 0 Å². The average Bonchev–Trinajstić information content (AvgIpc) is 3.20. The summed E-state index contributed by atoms with van der Waals surface area (Å²) in [5.74, 6) is 0.211. The highest BCUT2D eigenvalue weighted by Crippen LogP contribution is 2.32. The van der Waals surface area contributed by atoms with E-state index in [0.29, 0.717) is 31.1 Å². The van der Waals surface area contributed by atoms with Crippen LogP contribution >= 0.6 is 0 Å². The van der Waals surface area contributed by atoms with Gasteiger partial charge < -0.3 is 14.7 Å². The minimum absolute atomic E-state index is 0.0794. The third-order valence-corrected chi connectivity index (χ3v) is 4.26. The Bertz CT molecular complexity index is 515. The molecule has 1 atom stereocenters. The lowest BCUT2D eigenvalue weighted by atomic mass is 9.93. The van der Waals surface area contributed by atoms with Crippen LogP contribution < -0.4 is 0 Å². The third-order valence-electron chi connectivity index (χ3n) is 4.26. The summed E-state index contributed by atoms with van der Waals surface area (Å²) in [5.41, 5.74) is -0.432. The number of hydrogen-bond acceptors (Lipinski definition) is 3. The molecule has 4 nitrogen and oxygen atoms in total. The van der Waals surface area contributed by atoms with Crippen molar-refractivity contribution in [3.63, 3.8) is 0 Å². The number of likely N-dealkylation sites (tertiary alicyclic amines) is 1. The monoisotopic (exact) mass is 293 g/mol. The van der Waals surface area contributed by atoms with Gasteiger partial charge in [-0.1, -0.05) is 12.1 Å². The van der Waals surface area contributed by atoms with Gasteiger partial charge in [0.05, 0.1) is 13.2 Å². The third kappa shape index (κ3) is 3.41. The Morgan fingerprint density at radius 2 is 2.10 bits per heavy atom. The lowest BCUT2D eigenvalue weighted by molar-refractivity contribution is -0.136. The number of rotatable bonds is 5. The van der Waals surface area contributed by atoms with Crippen LogP contribution in [-0.4, -0.2) is 42.2 Å². The number of carbonyl (C=O) groups is 1. The summed E-state index contributed by atoms with van der Waals surface area (Å²) in [6, 6.07) is 5.81. The van der Waals surface area contributed by atoms with Gasteiger partial charge in [-0.25, -0.2) is 4.39 Å². The fourth-order valence-electron chi connectivity index (χ4n) is 2.69. The molecule has 2 fully saturated rings. The van der Waals surface area contributed by atoms with Gasteiger partial charge in [0.15, 0.2) is 0 Å². The van der Waals surface area contributed by atoms with E-state index in [1.807, 2.05) is 0 Å². The summed E-state index contributed by atoms with van der Waals surface area (Å²) in [6.45, 7) is 1.47. The van der Waals surface area contributed by atoms with E-state index in [0.717, 1.165) is 0 Å². The van der Waals surface area contributed by atoms with E-state index in [1.54, 1.807) is 17.0 Å². The number of hydrogen-bond donors (Lipinski definition) is 1. The predicted molar refractivity (Wildman–Crippen MR) is 75.0 cm³/mol. The average molecular weight is 293 g/mol. The minimum atomic E-state index is -1.08. The second-order valence-electron chi connectivity index (χ2n) is 6.06. The Kier molecular flexibility index (Phi) is 3.95. The van der Waals surface area contributed by atoms with E-state index >= 15 is 0 Å². The molecule has 0 bridgehead atoms. The van der Waals surface area contributed by atoms with Crippen molar-refractivity contribution >= 4 is 5.91 Å². The number of ether oxygens (including phenoxy) is 1. The number of amides is 1. The summed E-state index contributed by atoms with van der Waals surface area (Å²) in [4.78, 5) is 13.7. The number of aliphatic hydroxyl groups is 1. The maximum Gasteiger partial charge on any atom is 0.248 e. The number of nitrogens with zero attached hydrogens (tertiary/aromatic N) is 1. The van der Waals surface area contributed by atoms with Gasteiger partial charge in [-0.3, -0.25) is 4.79 Å². The molecule has 1 aromatic rings. The molecular formula is C16H20FNO3. The van der Waals surface area contributed by atoms with Crippen molar-refractivity contribution in [3.05, 3.63) is 35.6 Å². The highest BCUT2D eigenvalue weighted by Gasteiger charge is 2.39. The van der Waals surface area contributed by atoms with Crippen molar-refractivity contribution in [2.24, 2.45) is 5.92 Å². The SMILES string of the molecule is O=C(COCC1CC1)N1CCC(O)(c2ccc(F)cc2)C1. The lowest BCUT2D eigenvalue weighted by Gasteiger charge is -2.24. The van der Waals surface area contributed by atoms with Crippen LogP contribution in [0.25, 0.3) is 0 Å². The van der Waals surface area contributed by atoms with Gasteiger partial charge in [-0.15, -0.1) is 0 Å². The smallest absolute Gasteiger partial charge is 0.248 e. The van der Waals surface area contributed by atoms with E-state index < -0.39 is 5.60 Å². The van der Waals surface area contributed by atoms with Crippen LogP contribution in [0.3, 0.4) is 0 Å². The molecule has 3 rings (SSSR count). The summed E-state index contributed by atoms with van der Waals surface area (Å²) in [6.07, 6.45) is 2.86. The molecule has 21 heavy (non-hydrogen) atoms. The molecule has 0 aromatic heterocycles. The van der Waals surface area contributed by atoms with Crippen molar-refractivity contribution in [1.82, 2.24) is 4.90 Å². The Hall–Kier alpha value is -1.46. The van der Waals surface area contributed by atoms with Crippen molar-refractivity contribution in [1.29, 1.82) is 0 Å². The van der Waals surface area contributed by atoms with E-state index in [-0.39, 0.29) is 24.9 Å². The standard InChI is InChI=1S/C16H20FNO3/c17-14-5-3-13(4-6-14)16(20)7-8-18(11-16)15(19)10-21-9-12-1-2-12/h3-6,12,20H,1-2,7-11H2. The Balaban J connectivity index is 1.55. The van der Waals surface area contributed by atoms with Gasteiger partial charge in [-0.2, -0.15) is 0 Å². The first kappa shape index (κ1) is 14.5. The van der Waals surface area contributed by atoms with Gasteiger partial charge in [0.2, 0.25) is 5.91 Å². The summed E-state index contributed by atoms with van der Waals surface area (Å²) in [5, 5.41) is 10.6. The highest BCUT2D eigenvalue weighted by atomic mass is 19.1. The highest BCUT2D eigenvalue weighted by molar-refractivity contribution is 5.78. The Morgan fingerprint density at radius 3 is 2.76 bits per heavy atom. The number of carbonyl (C=O) groups excluding carboxylic acids is 1.